The maximum atomic E-state index is 12.2. The smallest absolute Gasteiger partial charge is 0.215 e. The Morgan fingerprint density at radius 2 is 2.24 bits per heavy atom. The largest absolute Gasteiger partial charge is 0.357 e. The van der Waals surface area contributed by atoms with Gasteiger partial charge in [-0.1, -0.05) is 0 Å². The van der Waals surface area contributed by atoms with E-state index in [9.17, 15) is 8.42 Å². The van der Waals surface area contributed by atoms with Crippen molar-refractivity contribution in [1.82, 2.24) is 9.29 Å². The van der Waals surface area contributed by atoms with Crippen molar-refractivity contribution >= 4 is 20.9 Å². The van der Waals surface area contributed by atoms with E-state index >= 15 is 0 Å². The van der Waals surface area contributed by atoms with Gasteiger partial charge < -0.3 is 4.98 Å². The minimum Gasteiger partial charge on any atom is -0.357 e. The molecule has 1 saturated heterocycles. The van der Waals surface area contributed by atoms with Crippen molar-refractivity contribution < 1.29 is 8.42 Å². The maximum Gasteiger partial charge on any atom is 0.215 e. The summed E-state index contributed by atoms with van der Waals surface area (Å²) in [7, 11) is -3.14. The first kappa shape index (κ1) is 12.9. The van der Waals surface area contributed by atoms with E-state index in [1.165, 1.54) is 0 Å². The van der Waals surface area contributed by atoms with E-state index in [4.69, 9.17) is 5.26 Å². The molecule has 0 aliphatic carbocycles. The molecule has 2 aromatic rings. The number of nitrogens with one attached hydrogen (secondary N) is 1. The van der Waals surface area contributed by atoms with Crippen LogP contribution in [0.1, 0.15) is 30.2 Å². The van der Waals surface area contributed by atoms with Crippen LogP contribution >= 0.6 is 0 Å². The van der Waals surface area contributed by atoms with Gasteiger partial charge >= 0.3 is 0 Å². The van der Waals surface area contributed by atoms with Crippen molar-refractivity contribution in [2.75, 3.05) is 12.3 Å². The number of sulfonamides is 1. The van der Waals surface area contributed by atoms with Crippen LogP contribution in [0.3, 0.4) is 0 Å². The lowest BCUT2D eigenvalue weighted by molar-refractivity contribution is 0.208. The van der Waals surface area contributed by atoms with Gasteiger partial charge in [0.15, 0.2) is 0 Å². The zero-order valence-electron chi connectivity index (χ0n) is 11.7. The quantitative estimate of drug-likeness (QED) is 0.806. The molecule has 1 aromatic carbocycles. The normalized spacial score (nSPS) is 27.2. The fourth-order valence-electron chi connectivity index (χ4n) is 3.76. The van der Waals surface area contributed by atoms with E-state index in [2.05, 4.69) is 11.1 Å². The Balaban J connectivity index is 1.99. The van der Waals surface area contributed by atoms with Crippen LogP contribution in [0.4, 0.5) is 0 Å². The molecule has 1 aromatic heterocycles. The van der Waals surface area contributed by atoms with Crippen LogP contribution in [0, 0.1) is 11.3 Å². The number of rotatable bonds is 0. The molecule has 3 heterocycles. The van der Waals surface area contributed by atoms with E-state index in [0.29, 0.717) is 24.9 Å². The molecule has 0 saturated carbocycles. The fraction of sp³-hybridized carbons (Fsp3) is 0.400. The molecule has 1 atom stereocenters. The van der Waals surface area contributed by atoms with Crippen LogP contribution in [-0.2, 0) is 22.0 Å². The average Bonchev–Trinajstić information content (AvgIpc) is 2.95. The fourth-order valence-corrected chi connectivity index (χ4v) is 5.80. The third-order valence-corrected chi connectivity index (χ3v) is 6.85. The third-order valence-electron chi connectivity index (χ3n) is 4.87. The minimum atomic E-state index is -3.14. The lowest BCUT2D eigenvalue weighted by Crippen LogP contribution is -2.45. The second kappa shape index (κ2) is 3.87. The van der Waals surface area contributed by atoms with E-state index in [1.54, 1.807) is 10.4 Å². The van der Waals surface area contributed by atoms with Gasteiger partial charge in [-0.3, -0.25) is 0 Å². The van der Waals surface area contributed by atoms with Gasteiger partial charge in [-0.05, 0) is 43.5 Å². The molecular weight excluding hydrogens is 286 g/mol. The van der Waals surface area contributed by atoms with Crippen LogP contribution < -0.4 is 0 Å². The van der Waals surface area contributed by atoms with Crippen molar-refractivity contribution in [2.45, 2.75) is 25.3 Å². The first-order chi connectivity index (χ1) is 9.95. The van der Waals surface area contributed by atoms with Crippen LogP contribution in [0.25, 0.3) is 10.9 Å². The number of H-pyrrole nitrogens is 1. The topological polar surface area (TPSA) is 77.0 Å². The van der Waals surface area contributed by atoms with E-state index < -0.39 is 15.6 Å². The van der Waals surface area contributed by atoms with Gasteiger partial charge in [0.2, 0.25) is 10.0 Å². The van der Waals surface area contributed by atoms with E-state index in [1.807, 2.05) is 19.1 Å². The molecule has 0 unspecified atom stereocenters. The molecule has 2 aliphatic rings. The lowest BCUT2D eigenvalue weighted by Gasteiger charge is -2.37. The van der Waals surface area contributed by atoms with Gasteiger partial charge in [0.25, 0.3) is 0 Å². The number of fused-ring (bicyclic) bond motifs is 5. The summed E-state index contributed by atoms with van der Waals surface area (Å²) in [5.41, 5.74) is 3.30. The third kappa shape index (κ3) is 1.56. The Morgan fingerprint density at radius 3 is 3.00 bits per heavy atom. The summed E-state index contributed by atoms with van der Waals surface area (Å²) in [6.45, 7) is 2.52. The summed E-state index contributed by atoms with van der Waals surface area (Å²) < 4.78 is 26.0. The molecule has 21 heavy (non-hydrogen) atoms. The predicted molar refractivity (Wildman–Crippen MR) is 79.2 cm³/mol. The standard InChI is InChI=1S/C15H15N3O2S/c1-15-5-7-21(19,20)18(15)6-4-11-12-8-10(9-16)2-3-13(12)17-14(11)15/h2-3,8,17H,4-7H2,1H3/t15-/m1/s1. The monoisotopic (exact) mass is 301 g/mol. The van der Waals surface area contributed by atoms with Gasteiger partial charge in [-0.25, -0.2) is 8.42 Å². The van der Waals surface area contributed by atoms with Crippen molar-refractivity contribution in [3.8, 4) is 6.07 Å². The van der Waals surface area contributed by atoms with Crippen LogP contribution in [0.5, 0.6) is 0 Å². The summed E-state index contributed by atoms with van der Waals surface area (Å²) in [5.74, 6) is 0.210. The van der Waals surface area contributed by atoms with Crippen LogP contribution in [0.2, 0.25) is 0 Å². The molecule has 0 radical (unpaired) electrons. The number of hydrogen-bond acceptors (Lipinski definition) is 3. The van der Waals surface area contributed by atoms with Gasteiger partial charge in [-0.15, -0.1) is 0 Å². The summed E-state index contributed by atoms with van der Waals surface area (Å²) in [6.07, 6.45) is 1.30. The Hall–Kier alpha value is -1.84. The molecular formula is C15H15N3O2S. The molecule has 0 bridgehead atoms. The van der Waals surface area contributed by atoms with Crippen molar-refractivity contribution in [3.05, 3.63) is 35.0 Å². The molecule has 5 nitrogen and oxygen atoms in total. The summed E-state index contributed by atoms with van der Waals surface area (Å²) >= 11 is 0. The number of nitriles is 1. The molecule has 6 heteroatoms. The van der Waals surface area contributed by atoms with Crippen molar-refractivity contribution in [3.63, 3.8) is 0 Å². The van der Waals surface area contributed by atoms with Gasteiger partial charge in [0, 0.05) is 23.1 Å². The number of benzene rings is 1. The predicted octanol–water partition coefficient (Wildman–Crippen LogP) is 1.85. The second-order valence-corrected chi connectivity index (χ2v) is 8.03. The number of hydrogen-bond donors (Lipinski definition) is 1. The van der Waals surface area contributed by atoms with Gasteiger partial charge in [0.05, 0.1) is 22.9 Å². The Labute approximate surface area is 123 Å². The van der Waals surface area contributed by atoms with E-state index in [-0.39, 0.29) is 5.75 Å². The maximum absolute atomic E-state index is 12.2. The molecule has 1 N–H and O–H groups in total. The summed E-state index contributed by atoms with van der Waals surface area (Å²) in [6, 6.07) is 7.75. The Morgan fingerprint density at radius 1 is 1.43 bits per heavy atom. The van der Waals surface area contributed by atoms with Gasteiger partial charge in [0.1, 0.15) is 0 Å². The van der Waals surface area contributed by atoms with Crippen LogP contribution in [-0.4, -0.2) is 30.0 Å². The highest BCUT2D eigenvalue weighted by Crippen LogP contribution is 2.46. The zero-order chi connectivity index (χ0) is 14.8. The lowest BCUT2D eigenvalue weighted by atomic mass is 9.86. The number of aromatic amines is 1. The highest BCUT2D eigenvalue weighted by atomic mass is 32.2. The first-order valence-electron chi connectivity index (χ1n) is 7.01. The Kier molecular flexibility index (Phi) is 2.37. The Bertz CT molecular complexity index is 907. The second-order valence-electron chi connectivity index (χ2n) is 6.01. The average molecular weight is 301 g/mol. The van der Waals surface area contributed by atoms with Crippen molar-refractivity contribution in [1.29, 1.82) is 5.26 Å². The number of nitrogens with zero attached hydrogens (tertiary/aromatic N) is 2. The van der Waals surface area contributed by atoms with Crippen molar-refractivity contribution in [2.24, 2.45) is 0 Å². The highest BCUT2D eigenvalue weighted by molar-refractivity contribution is 7.89. The minimum absolute atomic E-state index is 0.210. The molecule has 2 aliphatic heterocycles. The molecule has 0 amide bonds. The summed E-state index contributed by atoms with van der Waals surface area (Å²) in [4.78, 5) is 3.40. The van der Waals surface area contributed by atoms with Gasteiger partial charge in [-0.2, -0.15) is 9.57 Å². The molecule has 0 spiro atoms. The first-order valence-corrected chi connectivity index (χ1v) is 8.62. The SMILES string of the molecule is C[C@]12CCS(=O)(=O)N1CCc1c2[nH]c2ccc(C#N)cc12. The number of aromatic nitrogens is 1. The van der Waals surface area contributed by atoms with E-state index in [0.717, 1.165) is 22.2 Å². The highest BCUT2D eigenvalue weighted by Gasteiger charge is 2.51. The molecule has 1 fully saturated rings. The van der Waals surface area contributed by atoms with Crippen LogP contribution in [0.15, 0.2) is 18.2 Å². The summed E-state index contributed by atoms with van der Waals surface area (Å²) in [5, 5.41) is 10.1. The zero-order valence-corrected chi connectivity index (χ0v) is 12.5. The molecule has 108 valence electrons. The molecule has 4 rings (SSSR count).